The number of hydrogen-bond donors (Lipinski definition) is 9. The Bertz CT molecular complexity index is 1150. The van der Waals surface area contributed by atoms with Gasteiger partial charge in [0.2, 0.25) is 5.91 Å². The summed E-state index contributed by atoms with van der Waals surface area (Å²) in [6.07, 6.45) is 27.0. The second-order valence-corrected chi connectivity index (χ2v) is 20.4. The van der Waals surface area contributed by atoms with Crippen molar-refractivity contribution in [1.29, 1.82) is 0 Å². The van der Waals surface area contributed by atoms with E-state index in [1.165, 1.54) is 167 Å². The minimum Gasteiger partial charge on any atom is -0.394 e. The van der Waals surface area contributed by atoms with Crippen molar-refractivity contribution in [2.24, 2.45) is 0 Å². The third-order valence-electron chi connectivity index (χ3n) is 14.3. The Morgan fingerprint density at radius 3 is 1.25 bits per heavy atom. The van der Waals surface area contributed by atoms with Gasteiger partial charge in [-0.1, -0.05) is 226 Å². The molecule has 2 heterocycles. The number of hydrogen-bond acceptors (Lipinski definition) is 13. The van der Waals surface area contributed by atoms with Gasteiger partial charge in [0.05, 0.1) is 32.0 Å². The maximum Gasteiger partial charge on any atom is 0.220 e. The second-order valence-electron chi connectivity index (χ2n) is 20.4. The molecule has 0 aromatic rings. The summed E-state index contributed by atoms with van der Waals surface area (Å²) in [6, 6.07) is -0.820. The number of ether oxygens (including phenoxy) is 4. The van der Waals surface area contributed by atoms with Crippen molar-refractivity contribution in [3.63, 3.8) is 0 Å². The molecular formula is C54H105NO13. The summed E-state index contributed by atoms with van der Waals surface area (Å²) in [6.45, 7) is 2.86. The number of aliphatic hydroxyl groups excluding tert-OH is 8. The van der Waals surface area contributed by atoms with Gasteiger partial charge in [0.25, 0.3) is 0 Å². The zero-order chi connectivity index (χ0) is 49.6. The number of nitrogens with one attached hydrogen (secondary N) is 1. The number of rotatable bonds is 45. The lowest BCUT2D eigenvalue weighted by Gasteiger charge is -2.46. The summed E-state index contributed by atoms with van der Waals surface area (Å²) in [4.78, 5) is 13.2. The minimum absolute atomic E-state index is 0.203. The molecular weight excluding hydrogens is 871 g/mol. The molecule has 2 aliphatic heterocycles. The van der Waals surface area contributed by atoms with Gasteiger partial charge < -0.3 is 65.1 Å². The molecule has 12 atom stereocenters. The van der Waals surface area contributed by atoms with E-state index >= 15 is 0 Å². The van der Waals surface area contributed by atoms with E-state index in [4.69, 9.17) is 18.9 Å². The minimum atomic E-state index is -1.78. The Morgan fingerprint density at radius 2 is 0.838 bits per heavy atom. The number of aliphatic hydroxyl groups is 8. The van der Waals surface area contributed by atoms with Crippen LogP contribution in [0.15, 0.2) is 0 Å². The van der Waals surface area contributed by atoms with E-state index in [1.807, 2.05) is 0 Å². The van der Waals surface area contributed by atoms with Crippen LogP contribution >= 0.6 is 0 Å². The molecule has 1 amide bonds. The van der Waals surface area contributed by atoms with Crippen LogP contribution < -0.4 is 5.32 Å². The average molecular weight is 976 g/mol. The van der Waals surface area contributed by atoms with Crippen molar-refractivity contribution in [1.82, 2.24) is 5.32 Å². The fraction of sp³-hybridized carbons (Fsp3) is 0.981. The van der Waals surface area contributed by atoms with E-state index in [1.54, 1.807) is 0 Å². The molecule has 68 heavy (non-hydrogen) atoms. The molecule has 2 rings (SSSR count). The molecule has 9 N–H and O–H groups in total. The van der Waals surface area contributed by atoms with Gasteiger partial charge in [-0.05, 0) is 12.8 Å². The molecule has 404 valence electrons. The summed E-state index contributed by atoms with van der Waals surface area (Å²) in [5.41, 5.74) is 0. The molecule has 2 saturated heterocycles. The second kappa shape index (κ2) is 41.5. The fourth-order valence-electron chi connectivity index (χ4n) is 9.71. The van der Waals surface area contributed by atoms with Crippen molar-refractivity contribution in [2.75, 3.05) is 19.8 Å². The van der Waals surface area contributed by atoms with Crippen LogP contribution in [0.1, 0.15) is 245 Å². The quantitative estimate of drug-likeness (QED) is 0.0261. The molecule has 2 aliphatic rings. The first-order chi connectivity index (χ1) is 33.1. The van der Waals surface area contributed by atoms with Crippen LogP contribution in [-0.4, -0.2) is 140 Å². The van der Waals surface area contributed by atoms with Gasteiger partial charge in [-0.15, -0.1) is 0 Å². The van der Waals surface area contributed by atoms with E-state index in [9.17, 15) is 45.6 Å². The molecule has 0 aromatic heterocycles. The smallest absolute Gasteiger partial charge is 0.220 e. The van der Waals surface area contributed by atoms with E-state index in [-0.39, 0.29) is 12.5 Å². The van der Waals surface area contributed by atoms with E-state index < -0.39 is 86.8 Å². The topological polar surface area (TPSA) is 228 Å². The van der Waals surface area contributed by atoms with Crippen LogP contribution in [0.4, 0.5) is 0 Å². The number of carbonyl (C=O) groups excluding carboxylic acids is 1. The molecule has 0 aliphatic carbocycles. The highest BCUT2D eigenvalue weighted by Gasteiger charge is 2.51. The predicted octanol–water partition coefficient (Wildman–Crippen LogP) is 8.56. The Morgan fingerprint density at radius 1 is 0.471 bits per heavy atom. The largest absolute Gasteiger partial charge is 0.394 e. The van der Waals surface area contributed by atoms with Gasteiger partial charge in [-0.25, -0.2) is 0 Å². The Hall–Kier alpha value is -1.01. The first-order valence-electron chi connectivity index (χ1n) is 28.3. The van der Waals surface area contributed by atoms with Gasteiger partial charge in [0.15, 0.2) is 12.6 Å². The maximum atomic E-state index is 13.2. The van der Waals surface area contributed by atoms with Gasteiger partial charge in [-0.2, -0.15) is 0 Å². The van der Waals surface area contributed by atoms with Gasteiger partial charge >= 0.3 is 0 Å². The molecule has 4 unspecified atom stereocenters. The van der Waals surface area contributed by atoms with E-state index in [2.05, 4.69) is 19.2 Å². The number of amides is 1. The zero-order valence-electron chi connectivity index (χ0n) is 43.1. The fourth-order valence-corrected chi connectivity index (χ4v) is 9.71. The lowest BCUT2D eigenvalue weighted by Crippen LogP contribution is -2.65. The lowest BCUT2D eigenvalue weighted by molar-refractivity contribution is -0.359. The van der Waals surface area contributed by atoms with Crippen LogP contribution in [0.3, 0.4) is 0 Å². The zero-order valence-corrected chi connectivity index (χ0v) is 43.1. The van der Waals surface area contributed by atoms with Crippen LogP contribution in [0.25, 0.3) is 0 Å². The number of carbonyl (C=O) groups is 1. The van der Waals surface area contributed by atoms with Crippen LogP contribution in [-0.2, 0) is 23.7 Å². The first-order valence-corrected chi connectivity index (χ1v) is 28.3. The van der Waals surface area contributed by atoms with E-state index in [0.717, 1.165) is 51.4 Å². The lowest BCUT2D eigenvalue weighted by atomic mass is 9.97. The van der Waals surface area contributed by atoms with Crippen LogP contribution in [0.5, 0.6) is 0 Å². The van der Waals surface area contributed by atoms with Crippen LogP contribution in [0.2, 0.25) is 0 Å². The molecule has 0 saturated carbocycles. The summed E-state index contributed by atoms with van der Waals surface area (Å²) < 4.78 is 22.8. The highest BCUT2D eigenvalue weighted by molar-refractivity contribution is 5.76. The van der Waals surface area contributed by atoms with Gasteiger partial charge in [-0.3, -0.25) is 4.79 Å². The third kappa shape index (κ3) is 27.7. The van der Waals surface area contributed by atoms with Crippen LogP contribution in [0, 0.1) is 0 Å². The number of unbranched alkanes of at least 4 members (excludes halogenated alkanes) is 32. The van der Waals surface area contributed by atoms with Crippen molar-refractivity contribution in [3.8, 4) is 0 Å². The summed E-state index contributed by atoms with van der Waals surface area (Å²) in [5, 5.41) is 86.9. The monoisotopic (exact) mass is 976 g/mol. The molecule has 0 aromatic carbocycles. The highest BCUT2D eigenvalue weighted by Crippen LogP contribution is 2.30. The summed E-state index contributed by atoms with van der Waals surface area (Å²) in [7, 11) is 0. The molecule has 0 spiro atoms. The van der Waals surface area contributed by atoms with Crippen molar-refractivity contribution in [2.45, 2.75) is 319 Å². The van der Waals surface area contributed by atoms with E-state index in [0.29, 0.717) is 12.8 Å². The van der Waals surface area contributed by atoms with Crippen molar-refractivity contribution < 1.29 is 64.6 Å². The third-order valence-corrected chi connectivity index (χ3v) is 14.3. The Kier molecular flexibility index (Phi) is 38.5. The maximum absolute atomic E-state index is 13.2. The first kappa shape index (κ1) is 63.1. The summed E-state index contributed by atoms with van der Waals surface area (Å²) in [5.74, 6) is -0.203. The van der Waals surface area contributed by atoms with Crippen molar-refractivity contribution >= 4 is 5.91 Å². The highest BCUT2D eigenvalue weighted by atomic mass is 16.7. The molecule has 14 nitrogen and oxygen atoms in total. The van der Waals surface area contributed by atoms with Crippen molar-refractivity contribution in [3.05, 3.63) is 0 Å². The standard InChI is InChI=1S/C54H105NO13/c1-3-5-7-9-11-13-15-16-17-18-19-20-21-22-23-24-25-26-27-28-30-32-34-36-38-46(59)55-42(43(58)37-35-33-31-29-14-12-10-8-6-4-2)41-65-53-51(64)49(62)52(45(40-57)67-53)68-54-50(63)48(61)47(60)44(39-56)66-54/h42-45,47-54,56-58,60-64H,3-41H2,1-2H3,(H,55,59)/t42-,43+,44+,45+,47-,48?,49?,50?,51?,52+,53+,54-/m0/s1. The average Bonchev–Trinajstić information content (AvgIpc) is 3.34. The van der Waals surface area contributed by atoms with Gasteiger partial charge in [0.1, 0.15) is 48.8 Å². The van der Waals surface area contributed by atoms with Gasteiger partial charge in [0, 0.05) is 6.42 Å². The normalized spacial score (nSPS) is 26.3. The molecule has 0 radical (unpaired) electrons. The predicted molar refractivity (Wildman–Crippen MR) is 268 cm³/mol. The molecule has 14 heteroatoms. The Labute approximate surface area is 413 Å². The SMILES string of the molecule is CCCCCCCCCCCCCCCCCCCCCCCCCCC(=O)N[C@@H](CO[C@@H]1O[C@H](CO)[C@@H](O[C@@H]2O[C@H](CO)[C@H](O)C(O)C2O)C(O)C1O)[C@H](O)CCCCCCCCCCCC. The molecule has 2 fully saturated rings. The summed E-state index contributed by atoms with van der Waals surface area (Å²) >= 11 is 0. The Balaban J connectivity index is 1.70. The molecule has 0 bridgehead atoms.